The molecule has 1 saturated heterocycles. The second kappa shape index (κ2) is 4.32. The van der Waals surface area contributed by atoms with Crippen LogP contribution in [0.2, 0.25) is 0 Å². The van der Waals surface area contributed by atoms with Crippen LogP contribution in [0.15, 0.2) is 30.3 Å². The van der Waals surface area contributed by atoms with Crippen molar-refractivity contribution in [3.63, 3.8) is 0 Å². The predicted molar refractivity (Wildman–Crippen MR) is 75.9 cm³/mol. The van der Waals surface area contributed by atoms with Gasteiger partial charge in [-0.25, -0.2) is 0 Å². The Morgan fingerprint density at radius 2 is 1.90 bits per heavy atom. The largest absolute Gasteiger partial charge is 0.458 e. The van der Waals surface area contributed by atoms with E-state index in [1.54, 1.807) is 0 Å². The lowest BCUT2D eigenvalue weighted by atomic mass is 9.62. The molecule has 108 valence electrons. The van der Waals surface area contributed by atoms with E-state index < -0.39 is 17.6 Å². The van der Waals surface area contributed by atoms with E-state index in [1.165, 1.54) is 0 Å². The monoisotopic (exact) mass is 274 g/mol. The van der Waals surface area contributed by atoms with E-state index in [0.29, 0.717) is 0 Å². The number of carbonyl (C=O) groups excluding carboxylic acids is 1. The van der Waals surface area contributed by atoms with Crippen LogP contribution in [0.1, 0.15) is 45.3 Å². The van der Waals surface area contributed by atoms with E-state index >= 15 is 0 Å². The van der Waals surface area contributed by atoms with Crippen molar-refractivity contribution in [2.75, 3.05) is 0 Å². The number of hydrogen-bond donors (Lipinski definition) is 1. The summed E-state index contributed by atoms with van der Waals surface area (Å²) in [5.41, 5.74) is 0.268. The number of ether oxygens (including phenoxy) is 1. The quantitative estimate of drug-likeness (QED) is 0.843. The van der Waals surface area contributed by atoms with E-state index in [0.717, 1.165) is 18.4 Å². The Hall–Kier alpha value is -1.35. The van der Waals surface area contributed by atoms with Crippen molar-refractivity contribution in [2.24, 2.45) is 16.7 Å². The molecule has 0 amide bonds. The molecule has 1 aliphatic heterocycles. The number of carbonyl (C=O) groups is 1. The van der Waals surface area contributed by atoms with Gasteiger partial charge in [-0.05, 0) is 30.7 Å². The van der Waals surface area contributed by atoms with Gasteiger partial charge in [0.25, 0.3) is 0 Å². The van der Waals surface area contributed by atoms with Gasteiger partial charge < -0.3 is 9.84 Å². The molecule has 1 heterocycles. The van der Waals surface area contributed by atoms with Gasteiger partial charge in [0.1, 0.15) is 12.2 Å². The Morgan fingerprint density at radius 1 is 1.25 bits per heavy atom. The van der Waals surface area contributed by atoms with Crippen LogP contribution in [0.3, 0.4) is 0 Å². The van der Waals surface area contributed by atoms with Crippen molar-refractivity contribution < 1.29 is 14.6 Å². The van der Waals surface area contributed by atoms with Crippen LogP contribution in [-0.4, -0.2) is 17.2 Å². The molecular weight excluding hydrogens is 252 g/mol. The fourth-order valence-corrected chi connectivity index (χ4v) is 3.94. The minimum atomic E-state index is -0.743. The fourth-order valence-electron chi connectivity index (χ4n) is 3.94. The first-order chi connectivity index (χ1) is 9.38. The average molecular weight is 274 g/mol. The molecule has 1 aliphatic carbocycles. The highest BCUT2D eigenvalue weighted by molar-refractivity contribution is 5.79. The number of fused-ring (bicyclic) bond motifs is 2. The summed E-state index contributed by atoms with van der Waals surface area (Å²) in [5.74, 6) is 0.0524. The van der Waals surface area contributed by atoms with E-state index in [-0.39, 0.29) is 17.3 Å². The summed E-state index contributed by atoms with van der Waals surface area (Å²) in [4.78, 5) is 12.4. The fraction of sp³-hybridized carbons (Fsp3) is 0.588. The zero-order valence-electron chi connectivity index (χ0n) is 12.3. The molecule has 3 heteroatoms. The Balaban J connectivity index is 1.95. The Bertz CT molecular complexity index is 522. The minimum Gasteiger partial charge on any atom is -0.458 e. The Morgan fingerprint density at radius 3 is 2.55 bits per heavy atom. The molecule has 0 spiro atoms. The summed E-state index contributed by atoms with van der Waals surface area (Å²) < 4.78 is 5.64. The topological polar surface area (TPSA) is 46.5 Å². The van der Waals surface area contributed by atoms with Gasteiger partial charge in [0.05, 0.1) is 5.41 Å². The number of rotatable bonds is 2. The molecule has 3 rings (SSSR count). The number of hydrogen-bond acceptors (Lipinski definition) is 3. The van der Waals surface area contributed by atoms with Crippen LogP contribution in [0.4, 0.5) is 0 Å². The highest BCUT2D eigenvalue weighted by atomic mass is 16.6. The maximum Gasteiger partial charge on any atom is 0.312 e. The van der Waals surface area contributed by atoms with Gasteiger partial charge in [-0.15, -0.1) is 0 Å². The van der Waals surface area contributed by atoms with Gasteiger partial charge in [0.2, 0.25) is 0 Å². The lowest BCUT2D eigenvalue weighted by Crippen LogP contribution is -2.53. The summed E-state index contributed by atoms with van der Waals surface area (Å²) in [7, 11) is 0. The maximum absolute atomic E-state index is 12.4. The average Bonchev–Trinajstić information content (AvgIpc) is 2.58. The molecule has 3 nitrogen and oxygen atoms in total. The number of cyclic esters (lactones) is 1. The molecule has 1 saturated carbocycles. The first-order valence-electron chi connectivity index (χ1n) is 7.32. The van der Waals surface area contributed by atoms with E-state index in [4.69, 9.17) is 4.74 Å². The van der Waals surface area contributed by atoms with Gasteiger partial charge in [-0.2, -0.15) is 0 Å². The van der Waals surface area contributed by atoms with Gasteiger partial charge in [0, 0.05) is 5.92 Å². The molecule has 4 atom stereocenters. The zero-order valence-corrected chi connectivity index (χ0v) is 12.3. The van der Waals surface area contributed by atoms with Gasteiger partial charge >= 0.3 is 5.97 Å². The minimum absolute atomic E-state index is 0.136. The molecule has 2 bridgehead atoms. The van der Waals surface area contributed by atoms with E-state index in [1.807, 2.05) is 37.3 Å². The standard InChI is InChI=1S/C17H22O3/c1-16(2)12-9-10-17(16,3)15(19)20-14(12)13(18)11-7-5-4-6-8-11/h4-8,12-14,18H,9-10H2,1-3H3/t12-,13-,14-,17+/m0/s1. The van der Waals surface area contributed by atoms with Crippen molar-refractivity contribution in [1.82, 2.24) is 0 Å². The van der Waals surface area contributed by atoms with Crippen molar-refractivity contribution in [3.8, 4) is 0 Å². The van der Waals surface area contributed by atoms with Gasteiger partial charge in [0.15, 0.2) is 0 Å². The summed E-state index contributed by atoms with van der Waals surface area (Å²) in [5, 5.41) is 10.6. The second-order valence-corrected chi connectivity index (χ2v) is 6.92. The molecule has 0 aromatic heterocycles. The lowest BCUT2D eigenvalue weighted by Gasteiger charge is -2.48. The van der Waals surface area contributed by atoms with Crippen LogP contribution in [-0.2, 0) is 9.53 Å². The number of esters is 1. The number of aliphatic hydroxyl groups excluding tert-OH is 1. The van der Waals surface area contributed by atoms with Crippen molar-refractivity contribution in [3.05, 3.63) is 35.9 Å². The third-order valence-corrected chi connectivity index (χ3v) is 5.85. The summed E-state index contributed by atoms with van der Waals surface area (Å²) in [6.07, 6.45) is 0.605. The van der Waals surface area contributed by atoms with Crippen molar-refractivity contribution in [2.45, 2.75) is 45.8 Å². The molecule has 20 heavy (non-hydrogen) atoms. The lowest BCUT2D eigenvalue weighted by molar-refractivity contribution is -0.198. The van der Waals surface area contributed by atoms with Gasteiger partial charge in [-0.1, -0.05) is 44.2 Å². The molecular formula is C17H22O3. The molecule has 0 unspecified atom stereocenters. The summed E-state index contributed by atoms with van der Waals surface area (Å²) in [6, 6.07) is 9.47. The zero-order chi connectivity index (χ0) is 14.5. The number of benzene rings is 1. The first-order valence-corrected chi connectivity index (χ1v) is 7.32. The Labute approximate surface area is 120 Å². The third-order valence-electron chi connectivity index (χ3n) is 5.85. The molecule has 2 fully saturated rings. The maximum atomic E-state index is 12.4. The Kier molecular flexibility index (Phi) is 2.94. The number of aliphatic hydroxyl groups is 1. The second-order valence-electron chi connectivity index (χ2n) is 6.92. The van der Waals surface area contributed by atoms with Crippen molar-refractivity contribution in [1.29, 1.82) is 0 Å². The molecule has 1 aromatic rings. The third kappa shape index (κ3) is 1.65. The van der Waals surface area contributed by atoms with Crippen molar-refractivity contribution >= 4 is 5.97 Å². The normalized spacial score (nSPS) is 36.5. The van der Waals surface area contributed by atoms with E-state index in [2.05, 4.69) is 13.8 Å². The van der Waals surface area contributed by atoms with Crippen LogP contribution < -0.4 is 0 Å². The van der Waals surface area contributed by atoms with Crippen LogP contribution in [0, 0.1) is 16.7 Å². The SMILES string of the molecule is CC1(C)[C@H]2CC[C@]1(C)C(=O)O[C@@H]2[C@@H](O)c1ccccc1. The first kappa shape index (κ1) is 13.6. The highest BCUT2D eigenvalue weighted by Gasteiger charge is 2.64. The van der Waals surface area contributed by atoms with Crippen LogP contribution >= 0.6 is 0 Å². The molecule has 1 aromatic carbocycles. The summed E-state index contributed by atoms with van der Waals surface area (Å²) >= 11 is 0. The molecule has 1 N–H and O–H groups in total. The smallest absolute Gasteiger partial charge is 0.312 e. The van der Waals surface area contributed by atoms with Crippen LogP contribution in [0.25, 0.3) is 0 Å². The van der Waals surface area contributed by atoms with E-state index in [9.17, 15) is 9.90 Å². The van der Waals surface area contributed by atoms with Crippen LogP contribution in [0.5, 0.6) is 0 Å². The highest BCUT2D eigenvalue weighted by Crippen LogP contribution is 2.62. The van der Waals surface area contributed by atoms with Gasteiger partial charge in [-0.3, -0.25) is 4.79 Å². The molecule has 0 radical (unpaired) electrons. The predicted octanol–water partition coefficient (Wildman–Crippen LogP) is 3.09. The summed E-state index contributed by atoms with van der Waals surface area (Å²) in [6.45, 7) is 6.27. The molecule has 2 aliphatic rings.